The molecule has 0 fully saturated rings. The highest BCUT2D eigenvalue weighted by molar-refractivity contribution is 7.13. The van der Waals surface area contributed by atoms with E-state index in [-0.39, 0.29) is 17.8 Å². The van der Waals surface area contributed by atoms with E-state index >= 15 is 0 Å². The van der Waals surface area contributed by atoms with Gasteiger partial charge in [-0.05, 0) is 23.8 Å². The molecule has 1 N–H and O–H groups in total. The number of carbonyl (C=O) groups is 1. The average molecular weight is 416 g/mol. The second-order valence-corrected chi connectivity index (χ2v) is 7.26. The standard InChI is InChI=1S/C20H15F3N4OS/c1-27-10-14(13-6-4-8-24-17(13)27)19-26-16(11-29-19)18(28)25-9-12-5-2-3-7-15(12)20(21,22)23/h2-8,10-11H,9H2,1H3,(H,25,28). The van der Waals surface area contributed by atoms with Crippen LogP contribution in [-0.2, 0) is 19.8 Å². The number of aromatic nitrogens is 3. The summed E-state index contributed by atoms with van der Waals surface area (Å²) in [7, 11) is 1.87. The lowest BCUT2D eigenvalue weighted by molar-refractivity contribution is -0.138. The molecule has 0 atom stereocenters. The van der Waals surface area contributed by atoms with E-state index in [1.165, 1.54) is 29.5 Å². The molecule has 0 saturated carbocycles. The van der Waals surface area contributed by atoms with E-state index in [1.54, 1.807) is 11.6 Å². The fourth-order valence-electron chi connectivity index (χ4n) is 3.10. The number of benzene rings is 1. The highest BCUT2D eigenvalue weighted by Gasteiger charge is 2.32. The fraction of sp³-hybridized carbons (Fsp3) is 0.150. The topological polar surface area (TPSA) is 59.8 Å². The molecule has 0 spiro atoms. The molecule has 0 unspecified atom stereocenters. The summed E-state index contributed by atoms with van der Waals surface area (Å²) in [5.41, 5.74) is 1.05. The zero-order valence-corrected chi connectivity index (χ0v) is 16.0. The Morgan fingerprint density at radius 1 is 1.21 bits per heavy atom. The van der Waals surface area contributed by atoms with Gasteiger partial charge in [-0.1, -0.05) is 18.2 Å². The Labute approximate surface area is 167 Å². The quantitative estimate of drug-likeness (QED) is 0.527. The Hall–Kier alpha value is -3.20. The van der Waals surface area contributed by atoms with Crippen LogP contribution in [0.4, 0.5) is 13.2 Å². The number of alkyl halides is 3. The van der Waals surface area contributed by atoms with Crippen molar-refractivity contribution in [3.8, 4) is 10.6 Å². The van der Waals surface area contributed by atoms with E-state index in [0.717, 1.165) is 22.7 Å². The van der Waals surface area contributed by atoms with Gasteiger partial charge in [0, 0.05) is 42.3 Å². The maximum Gasteiger partial charge on any atom is 0.416 e. The van der Waals surface area contributed by atoms with E-state index in [1.807, 2.05) is 29.9 Å². The molecule has 0 bridgehead atoms. The third kappa shape index (κ3) is 3.73. The molecule has 0 aliphatic rings. The summed E-state index contributed by atoms with van der Waals surface area (Å²) in [6.07, 6.45) is -0.888. The molecule has 148 valence electrons. The first kappa shape index (κ1) is 19.1. The summed E-state index contributed by atoms with van der Waals surface area (Å²) in [6.45, 7) is -0.237. The molecule has 0 aliphatic carbocycles. The van der Waals surface area contributed by atoms with Crippen molar-refractivity contribution in [3.63, 3.8) is 0 Å². The second-order valence-electron chi connectivity index (χ2n) is 6.40. The van der Waals surface area contributed by atoms with Crippen molar-refractivity contribution >= 4 is 28.3 Å². The number of aryl methyl sites for hydroxylation is 1. The molecule has 9 heteroatoms. The average Bonchev–Trinajstić information content (AvgIpc) is 3.31. The Morgan fingerprint density at radius 2 is 2.00 bits per heavy atom. The van der Waals surface area contributed by atoms with E-state index in [4.69, 9.17) is 0 Å². The molecule has 29 heavy (non-hydrogen) atoms. The van der Waals surface area contributed by atoms with E-state index in [0.29, 0.717) is 5.01 Å². The number of nitrogens with zero attached hydrogens (tertiary/aromatic N) is 3. The van der Waals surface area contributed by atoms with Crippen LogP contribution < -0.4 is 5.32 Å². The van der Waals surface area contributed by atoms with Gasteiger partial charge in [0.05, 0.1) is 5.56 Å². The van der Waals surface area contributed by atoms with Crippen LogP contribution in [0.25, 0.3) is 21.6 Å². The van der Waals surface area contributed by atoms with Crippen molar-refractivity contribution in [2.75, 3.05) is 0 Å². The lowest BCUT2D eigenvalue weighted by Gasteiger charge is -2.12. The predicted octanol–water partition coefficient (Wildman–Crippen LogP) is 4.65. The first-order valence-corrected chi connectivity index (χ1v) is 9.52. The maximum absolute atomic E-state index is 13.1. The van der Waals surface area contributed by atoms with Crippen LogP contribution in [0.5, 0.6) is 0 Å². The molecule has 3 heterocycles. The van der Waals surface area contributed by atoms with Crippen LogP contribution >= 0.6 is 11.3 Å². The molecule has 1 aromatic carbocycles. The van der Waals surface area contributed by atoms with Crippen molar-refractivity contribution in [1.29, 1.82) is 0 Å². The van der Waals surface area contributed by atoms with Crippen molar-refractivity contribution < 1.29 is 18.0 Å². The van der Waals surface area contributed by atoms with Crippen LogP contribution in [0.3, 0.4) is 0 Å². The van der Waals surface area contributed by atoms with Gasteiger partial charge in [-0.25, -0.2) is 9.97 Å². The summed E-state index contributed by atoms with van der Waals surface area (Å²) in [6, 6.07) is 8.92. The number of pyridine rings is 1. The maximum atomic E-state index is 13.1. The van der Waals surface area contributed by atoms with Gasteiger partial charge in [-0.3, -0.25) is 4.79 Å². The van der Waals surface area contributed by atoms with Gasteiger partial charge >= 0.3 is 6.18 Å². The molecule has 0 radical (unpaired) electrons. The van der Waals surface area contributed by atoms with Crippen molar-refractivity contribution in [2.45, 2.75) is 12.7 Å². The van der Waals surface area contributed by atoms with Crippen molar-refractivity contribution in [1.82, 2.24) is 19.9 Å². The smallest absolute Gasteiger partial charge is 0.347 e. The largest absolute Gasteiger partial charge is 0.416 e. The van der Waals surface area contributed by atoms with E-state index in [2.05, 4.69) is 15.3 Å². The summed E-state index contributed by atoms with van der Waals surface area (Å²) < 4.78 is 41.1. The number of hydrogen-bond donors (Lipinski definition) is 1. The monoisotopic (exact) mass is 416 g/mol. The number of nitrogens with one attached hydrogen (secondary N) is 1. The highest BCUT2D eigenvalue weighted by Crippen LogP contribution is 2.33. The Balaban J connectivity index is 1.54. The van der Waals surface area contributed by atoms with Crippen LogP contribution in [-0.4, -0.2) is 20.4 Å². The molecule has 0 saturated heterocycles. The number of thiazole rings is 1. The minimum absolute atomic E-state index is 0.00364. The van der Waals surface area contributed by atoms with Crippen LogP contribution in [0.2, 0.25) is 0 Å². The summed E-state index contributed by atoms with van der Waals surface area (Å²) >= 11 is 1.30. The Kier molecular flexibility index (Phi) is 4.83. The molecule has 5 nitrogen and oxygen atoms in total. The van der Waals surface area contributed by atoms with Crippen LogP contribution in [0, 0.1) is 0 Å². The predicted molar refractivity (Wildman–Crippen MR) is 104 cm³/mol. The zero-order chi connectivity index (χ0) is 20.6. The van der Waals surface area contributed by atoms with Gasteiger partial charge in [0.15, 0.2) is 0 Å². The second kappa shape index (κ2) is 7.32. The van der Waals surface area contributed by atoms with Gasteiger partial charge < -0.3 is 9.88 Å². The van der Waals surface area contributed by atoms with Gasteiger partial charge in [0.1, 0.15) is 16.3 Å². The molecular weight excluding hydrogens is 401 g/mol. The molecule has 1 amide bonds. The minimum atomic E-state index is -4.47. The van der Waals surface area contributed by atoms with Gasteiger partial charge in [0.2, 0.25) is 0 Å². The normalized spacial score (nSPS) is 11.7. The molecule has 4 rings (SSSR count). The first-order valence-electron chi connectivity index (χ1n) is 8.64. The van der Waals surface area contributed by atoms with Gasteiger partial charge in [-0.15, -0.1) is 11.3 Å². The van der Waals surface area contributed by atoms with Crippen LogP contribution in [0.15, 0.2) is 54.2 Å². The summed E-state index contributed by atoms with van der Waals surface area (Å²) in [4.78, 5) is 21.1. The van der Waals surface area contributed by atoms with E-state index < -0.39 is 17.6 Å². The summed E-state index contributed by atoms with van der Waals surface area (Å²) in [5, 5.41) is 5.67. The van der Waals surface area contributed by atoms with Gasteiger partial charge in [0.25, 0.3) is 5.91 Å². The lowest BCUT2D eigenvalue weighted by Crippen LogP contribution is -2.24. The third-order valence-corrected chi connectivity index (χ3v) is 5.34. The highest BCUT2D eigenvalue weighted by atomic mass is 32.1. The van der Waals surface area contributed by atoms with Gasteiger partial charge in [-0.2, -0.15) is 13.2 Å². The number of rotatable bonds is 4. The Bertz CT molecular complexity index is 1200. The van der Waals surface area contributed by atoms with Crippen molar-refractivity contribution in [2.24, 2.45) is 7.05 Å². The third-order valence-electron chi connectivity index (χ3n) is 4.46. The summed E-state index contributed by atoms with van der Waals surface area (Å²) in [5.74, 6) is -0.525. The number of carbonyl (C=O) groups excluding carboxylic acids is 1. The zero-order valence-electron chi connectivity index (χ0n) is 15.2. The molecule has 3 aromatic heterocycles. The van der Waals surface area contributed by atoms with Crippen molar-refractivity contribution in [3.05, 3.63) is 71.0 Å². The van der Waals surface area contributed by atoms with Crippen LogP contribution in [0.1, 0.15) is 21.6 Å². The molecule has 4 aromatic rings. The first-order chi connectivity index (χ1) is 13.8. The minimum Gasteiger partial charge on any atom is -0.347 e. The number of amides is 1. The lowest BCUT2D eigenvalue weighted by atomic mass is 10.1. The Morgan fingerprint density at radius 3 is 2.79 bits per heavy atom. The molecule has 0 aliphatic heterocycles. The molecular formula is C20H15F3N4OS. The number of halogens is 3. The number of fused-ring (bicyclic) bond motifs is 1. The fourth-order valence-corrected chi connectivity index (χ4v) is 3.93. The SMILES string of the molecule is Cn1cc(-c2nc(C(=O)NCc3ccccc3C(F)(F)F)cs2)c2cccnc21. The number of hydrogen-bond acceptors (Lipinski definition) is 4. The van der Waals surface area contributed by atoms with E-state index in [9.17, 15) is 18.0 Å².